The summed E-state index contributed by atoms with van der Waals surface area (Å²) >= 11 is 3.13. The first kappa shape index (κ1) is 16.6. The molecule has 21 heavy (non-hydrogen) atoms. The van der Waals surface area contributed by atoms with Crippen molar-refractivity contribution < 1.29 is 8.42 Å². The molecule has 4 nitrogen and oxygen atoms in total. The summed E-state index contributed by atoms with van der Waals surface area (Å²) in [6.45, 7) is 4.30. The third-order valence-corrected chi connectivity index (χ3v) is 6.99. The highest BCUT2D eigenvalue weighted by Gasteiger charge is 2.24. The summed E-state index contributed by atoms with van der Waals surface area (Å²) in [6, 6.07) is 3.88. The number of aryl methyl sites for hydroxylation is 1. The van der Waals surface area contributed by atoms with Gasteiger partial charge in [0.05, 0.1) is 0 Å². The third kappa shape index (κ3) is 4.14. The molecule has 0 spiro atoms. The van der Waals surface area contributed by atoms with E-state index in [1.165, 1.54) is 16.2 Å². The fraction of sp³-hybridized carbons (Fsp3) is 0.429. The number of hydrogen-bond acceptors (Lipinski definition) is 5. The number of sulfonamides is 1. The van der Waals surface area contributed by atoms with Crippen LogP contribution in [0.25, 0.3) is 0 Å². The zero-order valence-electron chi connectivity index (χ0n) is 12.3. The molecule has 2 heterocycles. The predicted octanol–water partition coefficient (Wildman–Crippen LogP) is 2.75. The molecule has 0 fully saturated rings. The van der Waals surface area contributed by atoms with Crippen LogP contribution in [0.3, 0.4) is 0 Å². The molecular weight excluding hydrogens is 324 g/mol. The molecule has 2 rings (SSSR count). The lowest BCUT2D eigenvalue weighted by molar-refractivity contribution is 0.559. The van der Waals surface area contributed by atoms with Crippen molar-refractivity contribution in [3.05, 3.63) is 38.2 Å². The van der Waals surface area contributed by atoms with Gasteiger partial charge in [-0.15, -0.1) is 22.7 Å². The second-order valence-corrected chi connectivity index (χ2v) is 8.65. The lowest BCUT2D eigenvalue weighted by atomic mass is 10.2. The van der Waals surface area contributed by atoms with Crippen molar-refractivity contribution >= 4 is 32.7 Å². The average molecular weight is 345 g/mol. The maximum atomic E-state index is 12.6. The van der Waals surface area contributed by atoms with Crippen molar-refractivity contribution in [1.29, 1.82) is 0 Å². The predicted molar refractivity (Wildman–Crippen MR) is 89.6 cm³/mol. The van der Waals surface area contributed by atoms with Crippen LogP contribution >= 0.6 is 22.7 Å². The molecular formula is C14H20N2O2S3. The minimum Gasteiger partial charge on any atom is -0.315 e. The smallest absolute Gasteiger partial charge is 0.242 e. The maximum Gasteiger partial charge on any atom is 0.242 e. The van der Waals surface area contributed by atoms with Crippen LogP contribution in [-0.4, -0.2) is 21.5 Å². The molecule has 0 saturated heterocycles. The summed E-state index contributed by atoms with van der Waals surface area (Å²) in [4.78, 5) is 2.47. The van der Waals surface area contributed by atoms with E-state index >= 15 is 0 Å². The van der Waals surface area contributed by atoms with Gasteiger partial charge in [-0.05, 0) is 49.7 Å². The van der Waals surface area contributed by atoms with Crippen molar-refractivity contribution in [2.45, 2.75) is 37.8 Å². The van der Waals surface area contributed by atoms with Crippen LogP contribution in [0.2, 0.25) is 0 Å². The molecule has 0 aliphatic rings. The lowest BCUT2D eigenvalue weighted by Gasteiger charge is -2.14. The van der Waals surface area contributed by atoms with Gasteiger partial charge in [-0.2, -0.15) is 0 Å². The molecule has 1 atom stereocenters. The van der Waals surface area contributed by atoms with Crippen LogP contribution in [0.1, 0.15) is 22.2 Å². The van der Waals surface area contributed by atoms with Crippen molar-refractivity contribution in [2.24, 2.45) is 0 Å². The first-order chi connectivity index (χ1) is 9.94. The van der Waals surface area contributed by atoms with Gasteiger partial charge in [0, 0.05) is 22.3 Å². The summed E-state index contributed by atoms with van der Waals surface area (Å²) in [7, 11) is -1.66. The summed E-state index contributed by atoms with van der Waals surface area (Å²) in [5.74, 6) is 0. The Kier molecular flexibility index (Phi) is 5.56. The highest BCUT2D eigenvalue weighted by atomic mass is 32.2. The molecule has 0 bridgehead atoms. The standard InChI is InChI=1S/C14H20N2O2S3/c1-10-9-20-13(8-15-3)14(10)21(17,18)16-11(2)7-12-5-4-6-19-12/h4-6,9,11,15-16H,7-8H2,1-3H3. The second-order valence-electron chi connectivity index (χ2n) is 5.01. The summed E-state index contributed by atoms with van der Waals surface area (Å²) in [6.07, 6.45) is 0.710. The van der Waals surface area contributed by atoms with Gasteiger partial charge in [0.1, 0.15) is 4.90 Å². The quantitative estimate of drug-likeness (QED) is 0.812. The van der Waals surface area contributed by atoms with Crippen LogP contribution < -0.4 is 10.0 Å². The lowest BCUT2D eigenvalue weighted by Crippen LogP contribution is -2.34. The van der Waals surface area contributed by atoms with Gasteiger partial charge < -0.3 is 5.32 Å². The molecule has 1 unspecified atom stereocenters. The Bertz CT molecular complexity index is 675. The van der Waals surface area contributed by atoms with Crippen molar-refractivity contribution in [3.63, 3.8) is 0 Å². The molecule has 0 saturated carbocycles. The average Bonchev–Trinajstić information content (AvgIpc) is 2.99. The van der Waals surface area contributed by atoms with Gasteiger partial charge in [-0.1, -0.05) is 6.07 Å². The Balaban J connectivity index is 2.16. The second kappa shape index (κ2) is 7.02. The first-order valence-corrected chi connectivity index (χ1v) is 9.94. The molecule has 0 aliphatic carbocycles. The van der Waals surface area contributed by atoms with Crippen LogP contribution in [0, 0.1) is 6.92 Å². The van der Waals surface area contributed by atoms with Crippen molar-refractivity contribution in [3.8, 4) is 0 Å². The Hall–Kier alpha value is -0.730. The summed E-state index contributed by atoms with van der Waals surface area (Å²) in [5, 5.41) is 6.92. The van der Waals surface area contributed by atoms with Crippen LogP contribution in [0.15, 0.2) is 27.8 Å². The fourth-order valence-electron chi connectivity index (χ4n) is 2.23. The Labute approximate surface area is 134 Å². The van der Waals surface area contributed by atoms with Crippen LogP contribution in [0.5, 0.6) is 0 Å². The fourth-order valence-corrected chi connectivity index (χ4v) is 6.13. The SMILES string of the molecule is CNCc1scc(C)c1S(=O)(=O)NC(C)Cc1cccs1. The van der Waals surface area contributed by atoms with E-state index in [9.17, 15) is 8.42 Å². The molecule has 0 aliphatic heterocycles. The Morgan fingerprint density at radius 2 is 2.10 bits per heavy atom. The van der Waals surface area contributed by atoms with Gasteiger partial charge in [0.15, 0.2) is 0 Å². The Morgan fingerprint density at radius 3 is 2.71 bits per heavy atom. The third-order valence-electron chi connectivity index (χ3n) is 3.04. The van der Waals surface area contributed by atoms with Gasteiger partial charge in [-0.3, -0.25) is 0 Å². The molecule has 116 valence electrons. The van der Waals surface area contributed by atoms with E-state index in [1.807, 2.05) is 43.8 Å². The minimum absolute atomic E-state index is 0.129. The van der Waals surface area contributed by atoms with E-state index in [4.69, 9.17) is 0 Å². The van der Waals surface area contributed by atoms with E-state index < -0.39 is 10.0 Å². The zero-order chi connectivity index (χ0) is 15.5. The number of rotatable bonds is 7. The summed E-state index contributed by atoms with van der Waals surface area (Å²) in [5.41, 5.74) is 0.807. The number of hydrogen-bond donors (Lipinski definition) is 2. The van der Waals surface area contributed by atoms with Crippen molar-refractivity contribution in [1.82, 2.24) is 10.0 Å². The minimum atomic E-state index is -3.48. The highest BCUT2D eigenvalue weighted by Crippen LogP contribution is 2.27. The number of nitrogens with one attached hydrogen (secondary N) is 2. The first-order valence-electron chi connectivity index (χ1n) is 6.70. The number of thiophene rings is 2. The van der Waals surface area contributed by atoms with Crippen LogP contribution in [-0.2, 0) is 23.0 Å². The molecule has 0 aromatic carbocycles. The van der Waals surface area contributed by atoms with Gasteiger partial charge >= 0.3 is 0 Å². The van der Waals surface area contributed by atoms with E-state index in [2.05, 4.69) is 10.0 Å². The van der Waals surface area contributed by atoms with Crippen molar-refractivity contribution in [2.75, 3.05) is 7.05 Å². The van der Waals surface area contributed by atoms with E-state index in [0.29, 0.717) is 17.9 Å². The zero-order valence-corrected chi connectivity index (χ0v) is 14.8. The molecule has 0 amide bonds. The molecule has 7 heteroatoms. The topological polar surface area (TPSA) is 58.2 Å². The largest absolute Gasteiger partial charge is 0.315 e. The van der Waals surface area contributed by atoms with E-state index in [0.717, 1.165) is 10.4 Å². The normalized spacial score (nSPS) is 13.5. The monoisotopic (exact) mass is 344 g/mol. The van der Waals surface area contributed by atoms with Gasteiger partial charge in [0.2, 0.25) is 10.0 Å². The van der Waals surface area contributed by atoms with Gasteiger partial charge in [-0.25, -0.2) is 13.1 Å². The van der Waals surface area contributed by atoms with E-state index in [1.54, 1.807) is 11.3 Å². The van der Waals surface area contributed by atoms with E-state index in [-0.39, 0.29) is 6.04 Å². The Morgan fingerprint density at radius 1 is 1.33 bits per heavy atom. The highest BCUT2D eigenvalue weighted by molar-refractivity contribution is 7.89. The molecule has 2 aromatic heterocycles. The van der Waals surface area contributed by atoms with Gasteiger partial charge in [0.25, 0.3) is 0 Å². The molecule has 2 N–H and O–H groups in total. The summed E-state index contributed by atoms with van der Waals surface area (Å²) < 4.78 is 28.0. The molecule has 2 aromatic rings. The maximum absolute atomic E-state index is 12.6. The molecule has 0 radical (unpaired) electrons. The van der Waals surface area contributed by atoms with Crippen LogP contribution in [0.4, 0.5) is 0 Å².